The van der Waals surface area contributed by atoms with Crippen LogP contribution in [0.1, 0.15) is 24.3 Å². The molecule has 0 saturated carbocycles. The predicted octanol–water partition coefficient (Wildman–Crippen LogP) is 0.433. The summed E-state index contributed by atoms with van der Waals surface area (Å²) in [5.74, 6) is -0.814. The summed E-state index contributed by atoms with van der Waals surface area (Å²) >= 11 is 0. The first-order valence-corrected chi connectivity index (χ1v) is 4.94. The molecule has 0 bridgehead atoms. The van der Waals surface area contributed by atoms with Gasteiger partial charge in [0, 0.05) is 19.3 Å². The number of likely N-dealkylation sites (N-methyl/N-ethyl adjacent to an activating group) is 1. The van der Waals surface area contributed by atoms with Gasteiger partial charge in [-0.2, -0.15) is 5.10 Å². The number of H-pyrrole nitrogens is 1. The fourth-order valence-electron chi connectivity index (χ4n) is 0.964. The molecule has 0 atom stereocenters. The van der Waals surface area contributed by atoms with Crippen LogP contribution in [-0.2, 0) is 9.53 Å². The zero-order valence-electron chi connectivity index (χ0n) is 9.56. The Morgan fingerprint density at radius 2 is 2.25 bits per heavy atom. The molecule has 16 heavy (non-hydrogen) atoms. The van der Waals surface area contributed by atoms with E-state index in [4.69, 9.17) is 4.74 Å². The Kier molecular flexibility index (Phi) is 4.04. The maximum atomic E-state index is 11.5. The monoisotopic (exact) mass is 225 g/mol. The van der Waals surface area contributed by atoms with E-state index in [0.717, 1.165) is 0 Å². The lowest BCUT2D eigenvalue weighted by atomic mass is 10.3. The first-order chi connectivity index (χ1) is 7.52. The number of carbonyl (C=O) groups is 2. The minimum absolute atomic E-state index is 0.0818. The van der Waals surface area contributed by atoms with Gasteiger partial charge in [-0.25, -0.2) is 4.79 Å². The van der Waals surface area contributed by atoms with Crippen molar-refractivity contribution < 1.29 is 14.3 Å². The summed E-state index contributed by atoms with van der Waals surface area (Å²) in [5.41, 5.74) is 0.236. The smallest absolute Gasteiger partial charge is 0.356 e. The molecule has 0 spiro atoms. The van der Waals surface area contributed by atoms with Gasteiger partial charge >= 0.3 is 5.97 Å². The number of carbonyl (C=O) groups excluding carboxylic acids is 2. The van der Waals surface area contributed by atoms with E-state index < -0.39 is 5.97 Å². The first-order valence-electron chi connectivity index (χ1n) is 4.94. The van der Waals surface area contributed by atoms with Crippen molar-refractivity contribution in [2.45, 2.75) is 19.9 Å². The number of aromatic nitrogens is 2. The van der Waals surface area contributed by atoms with Gasteiger partial charge in [0.2, 0.25) is 0 Å². The highest BCUT2D eigenvalue weighted by Crippen LogP contribution is 1.98. The van der Waals surface area contributed by atoms with Crippen LogP contribution in [0.4, 0.5) is 0 Å². The Morgan fingerprint density at radius 1 is 1.56 bits per heavy atom. The minimum Gasteiger partial charge on any atom is -0.451 e. The third kappa shape index (κ3) is 3.08. The molecule has 0 aliphatic carbocycles. The molecule has 1 N–H and O–H groups in total. The molecule has 1 aromatic heterocycles. The van der Waals surface area contributed by atoms with E-state index in [1.165, 1.54) is 17.2 Å². The number of ether oxygens (including phenoxy) is 1. The zero-order valence-corrected chi connectivity index (χ0v) is 9.56. The molecule has 1 rings (SSSR count). The van der Waals surface area contributed by atoms with Gasteiger partial charge in [0.25, 0.3) is 5.91 Å². The highest BCUT2D eigenvalue weighted by molar-refractivity contribution is 5.89. The van der Waals surface area contributed by atoms with Crippen molar-refractivity contribution in [2.24, 2.45) is 0 Å². The van der Waals surface area contributed by atoms with Crippen LogP contribution in [0.5, 0.6) is 0 Å². The summed E-state index contributed by atoms with van der Waals surface area (Å²) in [4.78, 5) is 24.3. The minimum atomic E-state index is -0.581. The molecule has 1 aromatic rings. The van der Waals surface area contributed by atoms with Crippen molar-refractivity contribution in [3.05, 3.63) is 18.0 Å². The molecule has 1 heterocycles. The zero-order chi connectivity index (χ0) is 12.1. The van der Waals surface area contributed by atoms with Gasteiger partial charge in [0.15, 0.2) is 6.61 Å². The fraction of sp³-hybridized carbons (Fsp3) is 0.500. The molecular weight excluding hydrogens is 210 g/mol. The van der Waals surface area contributed by atoms with Crippen molar-refractivity contribution in [2.75, 3.05) is 13.7 Å². The largest absolute Gasteiger partial charge is 0.451 e. The van der Waals surface area contributed by atoms with Gasteiger partial charge in [-0.1, -0.05) is 0 Å². The third-order valence-electron chi connectivity index (χ3n) is 2.22. The van der Waals surface area contributed by atoms with Crippen LogP contribution in [0, 0.1) is 0 Å². The lowest BCUT2D eigenvalue weighted by molar-refractivity contribution is -0.134. The molecular formula is C10H15N3O3. The van der Waals surface area contributed by atoms with E-state index in [9.17, 15) is 9.59 Å². The van der Waals surface area contributed by atoms with Crippen molar-refractivity contribution in [3.63, 3.8) is 0 Å². The second kappa shape index (κ2) is 5.29. The van der Waals surface area contributed by atoms with Crippen molar-refractivity contribution in [1.29, 1.82) is 0 Å². The fourth-order valence-corrected chi connectivity index (χ4v) is 0.964. The number of amides is 1. The quantitative estimate of drug-likeness (QED) is 0.754. The van der Waals surface area contributed by atoms with E-state index in [-0.39, 0.29) is 24.2 Å². The molecule has 1 amide bonds. The first kappa shape index (κ1) is 12.2. The Bertz CT molecular complexity index is 359. The molecule has 0 aromatic carbocycles. The average molecular weight is 225 g/mol. The Hall–Kier alpha value is -1.85. The van der Waals surface area contributed by atoms with Crippen molar-refractivity contribution in [1.82, 2.24) is 15.1 Å². The van der Waals surface area contributed by atoms with Crippen LogP contribution in [0.15, 0.2) is 12.3 Å². The van der Waals surface area contributed by atoms with Crippen LogP contribution >= 0.6 is 0 Å². The Balaban J connectivity index is 2.41. The van der Waals surface area contributed by atoms with Crippen LogP contribution in [0.2, 0.25) is 0 Å². The third-order valence-corrected chi connectivity index (χ3v) is 2.22. The van der Waals surface area contributed by atoms with Crippen LogP contribution in [-0.4, -0.2) is 46.7 Å². The number of hydrogen-bond acceptors (Lipinski definition) is 4. The highest BCUT2D eigenvalue weighted by atomic mass is 16.5. The maximum Gasteiger partial charge on any atom is 0.356 e. The molecule has 0 aliphatic heterocycles. The van der Waals surface area contributed by atoms with E-state index in [2.05, 4.69) is 10.2 Å². The maximum absolute atomic E-state index is 11.5. The van der Waals surface area contributed by atoms with Crippen molar-refractivity contribution in [3.8, 4) is 0 Å². The van der Waals surface area contributed by atoms with Crippen molar-refractivity contribution >= 4 is 11.9 Å². The van der Waals surface area contributed by atoms with Gasteiger partial charge < -0.3 is 9.64 Å². The molecule has 88 valence electrons. The van der Waals surface area contributed by atoms with E-state index >= 15 is 0 Å². The topological polar surface area (TPSA) is 75.3 Å². The SMILES string of the molecule is CC(C)N(C)C(=O)COC(=O)c1ccn[nH]1. The normalized spacial score (nSPS) is 10.2. The second-order valence-corrected chi connectivity index (χ2v) is 3.64. The van der Waals surface area contributed by atoms with Crippen LogP contribution in [0.3, 0.4) is 0 Å². The van der Waals surface area contributed by atoms with Crippen LogP contribution in [0.25, 0.3) is 0 Å². The summed E-state index contributed by atoms with van der Waals surface area (Å²) in [7, 11) is 1.66. The summed E-state index contributed by atoms with van der Waals surface area (Å²) in [6.45, 7) is 3.51. The molecule has 0 unspecified atom stereocenters. The second-order valence-electron chi connectivity index (χ2n) is 3.64. The molecule has 0 fully saturated rings. The van der Waals surface area contributed by atoms with E-state index in [0.29, 0.717) is 0 Å². The lowest BCUT2D eigenvalue weighted by Crippen LogP contribution is -2.36. The van der Waals surface area contributed by atoms with Gasteiger partial charge in [-0.05, 0) is 19.9 Å². The predicted molar refractivity (Wildman–Crippen MR) is 56.8 cm³/mol. The Morgan fingerprint density at radius 3 is 2.75 bits per heavy atom. The van der Waals surface area contributed by atoms with Gasteiger partial charge in [0.1, 0.15) is 5.69 Å². The van der Waals surface area contributed by atoms with E-state index in [1.807, 2.05) is 13.8 Å². The Labute approximate surface area is 93.6 Å². The van der Waals surface area contributed by atoms with E-state index in [1.54, 1.807) is 7.05 Å². The molecule has 0 aliphatic rings. The number of esters is 1. The number of aromatic amines is 1. The highest BCUT2D eigenvalue weighted by Gasteiger charge is 2.15. The number of nitrogens with one attached hydrogen (secondary N) is 1. The van der Waals surface area contributed by atoms with Gasteiger partial charge in [0.05, 0.1) is 0 Å². The standard InChI is InChI=1S/C10H15N3O3/c1-7(2)13(3)9(14)6-16-10(15)8-4-5-11-12-8/h4-5,7H,6H2,1-3H3,(H,11,12). The molecule has 0 saturated heterocycles. The van der Waals surface area contributed by atoms with Gasteiger partial charge in [-0.3, -0.25) is 9.89 Å². The lowest BCUT2D eigenvalue weighted by Gasteiger charge is -2.20. The summed E-state index contributed by atoms with van der Waals surface area (Å²) in [6.07, 6.45) is 1.44. The summed E-state index contributed by atoms with van der Waals surface area (Å²) in [5, 5.41) is 6.08. The van der Waals surface area contributed by atoms with Crippen LogP contribution < -0.4 is 0 Å². The molecule has 0 radical (unpaired) electrons. The summed E-state index contributed by atoms with van der Waals surface area (Å²) < 4.78 is 4.82. The average Bonchev–Trinajstić information content (AvgIpc) is 2.77. The number of hydrogen-bond donors (Lipinski definition) is 1. The molecule has 6 heteroatoms. The molecule has 6 nitrogen and oxygen atoms in total. The van der Waals surface area contributed by atoms with Gasteiger partial charge in [-0.15, -0.1) is 0 Å². The summed E-state index contributed by atoms with van der Waals surface area (Å²) in [6, 6.07) is 1.57. The number of nitrogens with zero attached hydrogens (tertiary/aromatic N) is 2. The number of rotatable bonds is 4.